The van der Waals surface area contributed by atoms with Gasteiger partial charge in [-0.2, -0.15) is 0 Å². The zero-order valence-corrected chi connectivity index (χ0v) is 16.9. The first-order chi connectivity index (χ1) is 14.4. The van der Waals surface area contributed by atoms with Crippen molar-refractivity contribution in [3.05, 3.63) is 81.8 Å². The Morgan fingerprint density at radius 3 is 2.73 bits per heavy atom. The third-order valence-corrected chi connectivity index (χ3v) is 4.80. The molecule has 0 aliphatic carbocycles. The molecule has 30 heavy (non-hydrogen) atoms. The number of imidazole rings is 1. The Morgan fingerprint density at radius 2 is 1.97 bits per heavy atom. The number of rotatable bonds is 5. The fourth-order valence-corrected chi connectivity index (χ4v) is 3.30. The number of aromatic nitrogens is 2. The van der Waals surface area contributed by atoms with Crippen molar-refractivity contribution in [2.45, 2.75) is 6.54 Å². The maximum Gasteiger partial charge on any atom is 0.287 e. The van der Waals surface area contributed by atoms with Crippen LogP contribution in [0.2, 0.25) is 10.0 Å². The van der Waals surface area contributed by atoms with E-state index in [1.807, 2.05) is 18.2 Å². The van der Waals surface area contributed by atoms with Crippen LogP contribution in [0.3, 0.4) is 0 Å². The smallest absolute Gasteiger partial charge is 0.287 e. The van der Waals surface area contributed by atoms with Crippen LogP contribution in [0.1, 0.15) is 16.2 Å². The third kappa shape index (κ3) is 4.17. The Bertz CT molecular complexity index is 1210. The summed E-state index contributed by atoms with van der Waals surface area (Å²) in [6.07, 6.45) is 0. The molecule has 0 spiro atoms. The molecular formula is C21H15Cl2FN4O2. The number of aromatic amines is 1. The lowest BCUT2D eigenvalue weighted by Gasteiger charge is -2.13. The zero-order valence-electron chi connectivity index (χ0n) is 15.4. The molecule has 1 heterocycles. The van der Waals surface area contributed by atoms with Crippen LogP contribution in [0.4, 0.5) is 10.1 Å². The van der Waals surface area contributed by atoms with Crippen LogP contribution in [0.15, 0.2) is 54.6 Å². The highest BCUT2D eigenvalue weighted by Gasteiger charge is 2.17. The minimum Gasteiger partial charge on any atom is -0.453 e. The van der Waals surface area contributed by atoms with E-state index in [1.54, 1.807) is 6.07 Å². The van der Waals surface area contributed by atoms with Gasteiger partial charge in [-0.15, -0.1) is 0 Å². The molecule has 0 saturated heterocycles. The molecule has 0 aliphatic heterocycles. The maximum absolute atomic E-state index is 15.0. The number of H-pyrrole nitrogens is 1. The summed E-state index contributed by atoms with van der Waals surface area (Å²) in [6.45, 7) is -0.0904. The number of carbonyl (C=O) groups is 1. The zero-order chi connectivity index (χ0) is 21.3. The van der Waals surface area contributed by atoms with Crippen LogP contribution in [-0.2, 0) is 6.54 Å². The lowest BCUT2D eigenvalue weighted by molar-refractivity contribution is 0.0941. The second-order valence-electron chi connectivity index (χ2n) is 6.46. The first-order valence-corrected chi connectivity index (χ1v) is 9.60. The van der Waals surface area contributed by atoms with Crippen molar-refractivity contribution in [3.8, 4) is 11.5 Å². The summed E-state index contributed by atoms with van der Waals surface area (Å²) >= 11 is 12.1. The number of hydrogen-bond acceptors (Lipinski definition) is 4. The number of halogens is 3. The number of ether oxygens (including phenoxy) is 1. The van der Waals surface area contributed by atoms with E-state index < -0.39 is 11.7 Å². The van der Waals surface area contributed by atoms with Crippen molar-refractivity contribution in [2.75, 3.05) is 5.73 Å². The Hall–Kier alpha value is -3.29. The van der Waals surface area contributed by atoms with Crippen molar-refractivity contribution in [3.63, 3.8) is 0 Å². The Morgan fingerprint density at radius 1 is 1.17 bits per heavy atom. The normalized spacial score (nSPS) is 10.9. The van der Waals surface area contributed by atoms with Gasteiger partial charge in [-0.05, 0) is 30.3 Å². The highest BCUT2D eigenvalue weighted by atomic mass is 35.5. The van der Waals surface area contributed by atoms with Gasteiger partial charge in [0.15, 0.2) is 17.4 Å². The highest BCUT2D eigenvalue weighted by molar-refractivity contribution is 6.32. The van der Waals surface area contributed by atoms with Gasteiger partial charge in [0.05, 0.1) is 16.1 Å². The summed E-state index contributed by atoms with van der Waals surface area (Å²) in [5.74, 6) is -0.980. The largest absolute Gasteiger partial charge is 0.453 e. The van der Waals surface area contributed by atoms with Crippen molar-refractivity contribution < 1.29 is 13.9 Å². The van der Waals surface area contributed by atoms with Crippen LogP contribution in [0, 0.1) is 5.82 Å². The van der Waals surface area contributed by atoms with Crippen LogP contribution in [0.5, 0.6) is 11.5 Å². The topological polar surface area (TPSA) is 93.0 Å². The van der Waals surface area contributed by atoms with Crippen LogP contribution in [-0.4, -0.2) is 15.9 Å². The van der Waals surface area contributed by atoms with E-state index >= 15 is 0 Å². The standard InChI is InChI=1S/C21H15Cl2FN4O2/c22-12-7-13(25)9-14(8-12)30-19-15(23)6-5-11(18(19)24)10-26-21(29)20-27-16-3-1-2-4-17(16)28-20/h1-9H,10,25H2,(H,26,29)(H,27,28). The molecule has 1 amide bonds. The van der Waals surface area contributed by atoms with Crippen molar-refractivity contribution >= 4 is 45.8 Å². The summed E-state index contributed by atoms with van der Waals surface area (Å²) in [4.78, 5) is 19.5. The van der Waals surface area contributed by atoms with Gasteiger partial charge in [0.25, 0.3) is 5.91 Å². The SMILES string of the molecule is Nc1cc(Cl)cc(Oc2c(Cl)ccc(CNC(=O)c3nc4ccccc4[nH]3)c2F)c1. The number of para-hydroxylation sites is 2. The summed E-state index contributed by atoms with van der Waals surface area (Å²) in [5, 5.41) is 3.04. The molecule has 0 atom stereocenters. The fraction of sp³-hybridized carbons (Fsp3) is 0.0476. The van der Waals surface area contributed by atoms with Crippen LogP contribution >= 0.6 is 23.2 Å². The molecular weight excluding hydrogens is 430 g/mol. The van der Waals surface area contributed by atoms with Crippen molar-refractivity contribution in [1.82, 2.24) is 15.3 Å². The summed E-state index contributed by atoms with van der Waals surface area (Å²) < 4.78 is 20.6. The molecule has 4 rings (SSSR count). The molecule has 4 N–H and O–H groups in total. The monoisotopic (exact) mass is 444 g/mol. The molecule has 9 heteroatoms. The Labute approximate surface area is 180 Å². The minimum absolute atomic E-state index is 0.0680. The summed E-state index contributed by atoms with van der Waals surface area (Å²) in [6, 6.07) is 14.7. The van der Waals surface area contributed by atoms with E-state index in [2.05, 4.69) is 15.3 Å². The molecule has 0 aliphatic rings. The highest BCUT2D eigenvalue weighted by Crippen LogP contribution is 2.35. The van der Waals surface area contributed by atoms with Gasteiger partial charge in [0, 0.05) is 28.9 Å². The number of amides is 1. The second-order valence-corrected chi connectivity index (χ2v) is 7.30. The van der Waals surface area contributed by atoms with Crippen LogP contribution < -0.4 is 15.8 Å². The van der Waals surface area contributed by atoms with Gasteiger partial charge < -0.3 is 20.8 Å². The number of benzene rings is 3. The van der Waals surface area contributed by atoms with E-state index in [9.17, 15) is 9.18 Å². The first-order valence-electron chi connectivity index (χ1n) is 8.84. The average molecular weight is 445 g/mol. The summed E-state index contributed by atoms with van der Waals surface area (Å²) in [7, 11) is 0. The predicted molar refractivity (Wildman–Crippen MR) is 115 cm³/mol. The number of nitrogens with zero attached hydrogens (tertiary/aromatic N) is 1. The fourth-order valence-electron chi connectivity index (χ4n) is 2.88. The molecule has 0 unspecified atom stereocenters. The lowest BCUT2D eigenvalue weighted by atomic mass is 10.2. The lowest BCUT2D eigenvalue weighted by Crippen LogP contribution is -2.24. The molecule has 3 aromatic carbocycles. The van der Waals surface area contributed by atoms with Gasteiger partial charge in [0.2, 0.25) is 0 Å². The van der Waals surface area contributed by atoms with Crippen molar-refractivity contribution in [2.24, 2.45) is 0 Å². The van der Waals surface area contributed by atoms with Gasteiger partial charge in [0.1, 0.15) is 5.75 Å². The van der Waals surface area contributed by atoms with E-state index in [4.69, 9.17) is 33.7 Å². The maximum atomic E-state index is 15.0. The molecule has 0 saturated carbocycles. The Kier molecular flexibility index (Phi) is 5.48. The molecule has 0 radical (unpaired) electrons. The summed E-state index contributed by atoms with van der Waals surface area (Å²) in [5.41, 5.74) is 7.69. The third-order valence-electron chi connectivity index (χ3n) is 4.29. The van der Waals surface area contributed by atoms with E-state index in [0.717, 1.165) is 5.52 Å². The molecule has 0 fully saturated rings. The quantitative estimate of drug-likeness (QED) is 0.363. The molecule has 1 aromatic heterocycles. The molecule has 152 valence electrons. The number of nitrogen functional groups attached to an aromatic ring is 1. The van der Waals surface area contributed by atoms with Gasteiger partial charge >= 0.3 is 0 Å². The number of carbonyl (C=O) groups excluding carboxylic acids is 1. The Balaban J connectivity index is 1.53. The van der Waals surface area contributed by atoms with Gasteiger partial charge in [-0.25, -0.2) is 9.37 Å². The van der Waals surface area contributed by atoms with Crippen LogP contribution in [0.25, 0.3) is 11.0 Å². The predicted octanol–water partition coefficient (Wildman–Crippen LogP) is 5.31. The second kappa shape index (κ2) is 8.22. The number of fused-ring (bicyclic) bond motifs is 1. The molecule has 4 aromatic rings. The molecule has 0 bridgehead atoms. The number of hydrogen-bond donors (Lipinski definition) is 3. The molecule has 6 nitrogen and oxygen atoms in total. The number of nitrogens with two attached hydrogens (primary N) is 1. The first kappa shape index (κ1) is 20.0. The number of nitrogens with one attached hydrogen (secondary N) is 2. The van der Waals surface area contributed by atoms with Gasteiger partial charge in [-0.3, -0.25) is 4.79 Å². The average Bonchev–Trinajstić information content (AvgIpc) is 3.14. The van der Waals surface area contributed by atoms with E-state index in [1.165, 1.54) is 30.3 Å². The van der Waals surface area contributed by atoms with Crippen molar-refractivity contribution in [1.29, 1.82) is 0 Å². The van der Waals surface area contributed by atoms with E-state index in [0.29, 0.717) is 16.2 Å². The number of anilines is 1. The minimum atomic E-state index is -0.703. The van der Waals surface area contributed by atoms with E-state index in [-0.39, 0.29) is 34.5 Å². The van der Waals surface area contributed by atoms with Gasteiger partial charge in [-0.1, -0.05) is 41.4 Å².